The highest BCUT2D eigenvalue weighted by atomic mass is 35.5. The van der Waals surface area contributed by atoms with Crippen LogP contribution in [-0.4, -0.2) is 16.6 Å². The van der Waals surface area contributed by atoms with Crippen LogP contribution in [0.4, 0.5) is 5.69 Å². The number of hydrogen-bond donors (Lipinski definition) is 0. The van der Waals surface area contributed by atoms with Crippen molar-refractivity contribution in [1.29, 1.82) is 0 Å². The van der Waals surface area contributed by atoms with Crippen molar-refractivity contribution in [3.05, 3.63) is 39.9 Å². The Labute approximate surface area is 98.4 Å². The molecule has 1 atom stereocenters. The van der Waals surface area contributed by atoms with Crippen molar-refractivity contribution >= 4 is 23.1 Å². The van der Waals surface area contributed by atoms with Crippen LogP contribution >= 0.6 is 11.6 Å². The van der Waals surface area contributed by atoms with Gasteiger partial charge in [0, 0.05) is 29.5 Å². The Morgan fingerprint density at radius 1 is 1.56 bits per heavy atom. The van der Waals surface area contributed by atoms with Crippen LogP contribution in [0.5, 0.6) is 0 Å². The van der Waals surface area contributed by atoms with Gasteiger partial charge in [0.15, 0.2) is 5.78 Å². The predicted octanol–water partition coefficient (Wildman–Crippen LogP) is 3.04. The van der Waals surface area contributed by atoms with Gasteiger partial charge in [0.1, 0.15) is 0 Å². The molecule has 0 aliphatic rings. The monoisotopic (exact) mass is 241 g/mol. The van der Waals surface area contributed by atoms with Crippen molar-refractivity contribution in [2.45, 2.75) is 13.3 Å². The first-order valence-corrected chi connectivity index (χ1v) is 5.44. The van der Waals surface area contributed by atoms with Gasteiger partial charge in [-0.05, 0) is 6.42 Å². The van der Waals surface area contributed by atoms with Crippen molar-refractivity contribution in [2.75, 3.05) is 5.88 Å². The average Bonchev–Trinajstić information content (AvgIpc) is 2.28. The number of benzene rings is 1. The number of nitrogens with zero attached hydrogens (tertiary/aromatic N) is 1. The number of carbonyl (C=O) groups excluding carboxylic acids is 1. The Bertz CT molecular complexity index is 406. The molecule has 4 nitrogen and oxygen atoms in total. The zero-order valence-corrected chi connectivity index (χ0v) is 9.61. The quantitative estimate of drug-likeness (QED) is 0.345. The van der Waals surface area contributed by atoms with Crippen LogP contribution in [0, 0.1) is 16.0 Å². The number of nitro groups is 1. The Balaban J connectivity index is 2.91. The van der Waals surface area contributed by atoms with Crippen LogP contribution in [-0.2, 0) is 0 Å². The predicted molar refractivity (Wildman–Crippen MR) is 61.9 cm³/mol. The minimum absolute atomic E-state index is 0.0658. The third-order valence-corrected chi connectivity index (χ3v) is 2.55. The van der Waals surface area contributed by atoms with E-state index in [1.165, 1.54) is 18.2 Å². The van der Waals surface area contributed by atoms with Crippen molar-refractivity contribution in [3.63, 3.8) is 0 Å². The fraction of sp³-hybridized carbons (Fsp3) is 0.364. The van der Waals surface area contributed by atoms with Gasteiger partial charge in [-0.15, -0.1) is 11.6 Å². The average molecular weight is 242 g/mol. The van der Waals surface area contributed by atoms with E-state index in [0.29, 0.717) is 17.9 Å². The van der Waals surface area contributed by atoms with E-state index >= 15 is 0 Å². The number of halogens is 1. The minimum atomic E-state index is -0.511. The fourth-order valence-corrected chi connectivity index (χ4v) is 1.68. The Morgan fingerprint density at radius 2 is 2.25 bits per heavy atom. The van der Waals surface area contributed by atoms with E-state index in [1.807, 2.05) is 0 Å². The van der Waals surface area contributed by atoms with Gasteiger partial charge in [-0.2, -0.15) is 0 Å². The molecule has 0 saturated carbocycles. The molecule has 1 rings (SSSR count). The van der Waals surface area contributed by atoms with E-state index in [-0.39, 0.29) is 17.4 Å². The number of alkyl halides is 1. The normalized spacial score (nSPS) is 12.1. The van der Waals surface area contributed by atoms with Gasteiger partial charge in [-0.1, -0.05) is 19.1 Å². The number of ketones is 1. The lowest BCUT2D eigenvalue weighted by Gasteiger charge is -2.07. The molecule has 0 amide bonds. The first-order chi connectivity index (χ1) is 7.56. The van der Waals surface area contributed by atoms with Crippen LogP contribution in [0.1, 0.15) is 23.7 Å². The van der Waals surface area contributed by atoms with E-state index in [1.54, 1.807) is 13.0 Å². The van der Waals surface area contributed by atoms with Crippen LogP contribution in [0.3, 0.4) is 0 Å². The van der Waals surface area contributed by atoms with E-state index in [2.05, 4.69) is 0 Å². The molecule has 0 spiro atoms. The third kappa shape index (κ3) is 3.03. The number of non-ortho nitro benzene ring substituents is 1. The van der Waals surface area contributed by atoms with E-state index < -0.39 is 4.92 Å². The smallest absolute Gasteiger partial charge is 0.270 e. The van der Waals surface area contributed by atoms with Crippen molar-refractivity contribution in [3.8, 4) is 0 Å². The molecule has 0 saturated heterocycles. The third-order valence-electron chi connectivity index (χ3n) is 2.33. The zero-order valence-electron chi connectivity index (χ0n) is 8.85. The summed E-state index contributed by atoms with van der Waals surface area (Å²) < 4.78 is 0. The first kappa shape index (κ1) is 12.6. The molecule has 5 heteroatoms. The van der Waals surface area contributed by atoms with Gasteiger partial charge in [0.25, 0.3) is 5.69 Å². The molecule has 86 valence electrons. The number of Topliss-reactive ketones (excluding diaryl/α,β-unsaturated/α-hetero) is 1. The second-order valence-corrected chi connectivity index (χ2v) is 3.93. The standard InChI is InChI=1S/C11H12ClNO3/c1-8(5-6-12)11(14)9-3-2-4-10(7-9)13(15)16/h2-4,7-8H,5-6H2,1H3. The second-order valence-electron chi connectivity index (χ2n) is 3.55. The van der Waals surface area contributed by atoms with Crippen LogP contribution in [0.25, 0.3) is 0 Å². The van der Waals surface area contributed by atoms with Crippen molar-refractivity contribution in [1.82, 2.24) is 0 Å². The minimum Gasteiger partial charge on any atom is -0.294 e. The van der Waals surface area contributed by atoms with Crippen molar-refractivity contribution < 1.29 is 9.72 Å². The lowest BCUT2D eigenvalue weighted by Crippen LogP contribution is -2.12. The molecule has 1 unspecified atom stereocenters. The molecule has 0 heterocycles. The summed E-state index contributed by atoms with van der Waals surface area (Å²) in [5.41, 5.74) is 0.302. The molecule has 1 aromatic carbocycles. The molecule has 0 radical (unpaired) electrons. The lowest BCUT2D eigenvalue weighted by atomic mass is 9.97. The second kappa shape index (κ2) is 5.61. The fourth-order valence-electron chi connectivity index (χ4n) is 1.35. The lowest BCUT2D eigenvalue weighted by molar-refractivity contribution is -0.384. The van der Waals surface area contributed by atoms with Crippen LogP contribution in [0.15, 0.2) is 24.3 Å². The topological polar surface area (TPSA) is 60.2 Å². The first-order valence-electron chi connectivity index (χ1n) is 4.91. The highest BCUT2D eigenvalue weighted by Gasteiger charge is 2.16. The van der Waals surface area contributed by atoms with Gasteiger partial charge in [-0.25, -0.2) is 0 Å². The highest BCUT2D eigenvalue weighted by Crippen LogP contribution is 2.18. The van der Waals surface area contributed by atoms with Gasteiger partial charge < -0.3 is 0 Å². The van der Waals surface area contributed by atoms with Gasteiger partial charge in [-0.3, -0.25) is 14.9 Å². The number of nitro benzene ring substituents is 1. The summed E-state index contributed by atoms with van der Waals surface area (Å²) >= 11 is 5.55. The van der Waals surface area contributed by atoms with E-state index in [9.17, 15) is 14.9 Å². The summed E-state index contributed by atoms with van der Waals surface area (Å²) in [5.74, 6) is 0.0887. The molecular formula is C11H12ClNO3. The maximum Gasteiger partial charge on any atom is 0.270 e. The van der Waals surface area contributed by atoms with Gasteiger partial charge in [0.05, 0.1) is 4.92 Å². The molecule has 16 heavy (non-hydrogen) atoms. The summed E-state index contributed by atoms with van der Waals surface area (Å²) in [6, 6.07) is 5.76. The Morgan fingerprint density at radius 3 is 2.81 bits per heavy atom. The van der Waals surface area contributed by atoms with Crippen LogP contribution < -0.4 is 0 Å². The summed E-state index contributed by atoms with van der Waals surface area (Å²) in [6.45, 7) is 1.77. The Kier molecular flexibility index (Phi) is 4.43. The molecule has 0 bridgehead atoms. The maximum atomic E-state index is 11.8. The molecular weight excluding hydrogens is 230 g/mol. The Hall–Kier alpha value is -1.42. The zero-order chi connectivity index (χ0) is 12.1. The molecule has 0 N–H and O–H groups in total. The van der Waals surface area contributed by atoms with E-state index in [4.69, 9.17) is 11.6 Å². The van der Waals surface area contributed by atoms with Gasteiger partial charge in [0.2, 0.25) is 0 Å². The highest BCUT2D eigenvalue weighted by molar-refractivity contribution is 6.18. The van der Waals surface area contributed by atoms with E-state index in [0.717, 1.165) is 0 Å². The summed E-state index contributed by atoms with van der Waals surface area (Å²) in [5, 5.41) is 10.5. The largest absolute Gasteiger partial charge is 0.294 e. The number of hydrogen-bond acceptors (Lipinski definition) is 3. The van der Waals surface area contributed by atoms with Crippen molar-refractivity contribution in [2.24, 2.45) is 5.92 Å². The summed E-state index contributed by atoms with van der Waals surface area (Å²) in [4.78, 5) is 21.9. The molecule has 1 aromatic rings. The van der Waals surface area contributed by atoms with Crippen LogP contribution in [0.2, 0.25) is 0 Å². The maximum absolute atomic E-state index is 11.8. The summed E-state index contributed by atoms with van der Waals surface area (Å²) in [6.07, 6.45) is 0.573. The molecule has 0 fully saturated rings. The number of rotatable bonds is 5. The molecule has 0 aliphatic carbocycles. The molecule has 0 aliphatic heterocycles. The summed E-state index contributed by atoms with van der Waals surface area (Å²) in [7, 11) is 0. The number of carbonyl (C=O) groups is 1. The van der Waals surface area contributed by atoms with Gasteiger partial charge >= 0.3 is 0 Å². The SMILES string of the molecule is CC(CCCl)C(=O)c1cccc([N+](=O)[O-])c1. The molecule has 0 aromatic heterocycles.